The minimum atomic E-state index is -0.109. The van der Waals surface area contributed by atoms with E-state index in [0.29, 0.717) is 30.2 Å². The molecule has 0 bridgehead atoms. The van der Waals surface area contributed by atoms with Crippen LogP contribution >= 0.6 is 11.3 Å². The van der Waals surface area contributed by atoms with E-state index in [0.717, 1.165) is 37.4 Å². The van der Waals surface area contributed by atoms with Crippen molar-refractivity contribution in [3.63, 3.8) is 0 Å². The molecule has 1 atom stereocenters. The van der Waals surface area contributed by atoms with Gasteiger partial charge in [-0.1, -0.05) is 36.4 Å². The summed E-state index contributed by atoms with van der Waals surface area (Å²) in [7, 11) is 1.75. The van der Waals surface area contributed by atoms with Gasteiger partial charge in [0.05, 0.1) is 6.54 Å². The molecule has 3 N–H and O–H groups in total. The molecule has 4 aromatic rings. The molecule has 3 aromatic heterocycles. The summed E-state index contributed by atoms with van der Waals surface area (Å²) in [4.78, 5) is 26.4. The van der Waals surface area contributed by atoms with Gasteiger partial charge in [-0.2, -0.15) is 9.97 Å². The maximum atomic E-state index is 13.5. The lowest BCUT2D eigenvalue weighted by atomic mass is 10.1. The van der Waals surface area contributed by atoms with Gasteiger partial charge in [-0.05, 0) is 29.9 Å². The number of aromatic nitrogens is 4. The number of nitrogens with one attached hydrogen (secondary N) is 1. The van der Waals surface area contributed by atoms with E-state index in [1.807, 2.05) is 46.3 Å². The van der Waals surface area contributed by atoms with Gasteiger partial charge in [0.2, 0.25) is 11.9 Å². The number of hydrogen-bond donors (Lipinski definition) is 2. The molecule has 8 nitrogen and oxygen atoms in total. The second kappa shape index (κ2) is 8.76. The van der Waals surface area contributed by atoms with E-state index >= 15 is 0 Å². The van der Waals surface area contributed by atoms with Crippen LogP contribution in [0.15, 0.2) is 52.6 Å². The Labute approximate surface area is 190 Å². The molecule has 0 amide bonds. The van der Waals surface area contributed by atoms with Crippen LogP contribution < -0.4 is 21.5 Å². The number of fused-ring (bicyclic) bond motifs is 1. The first-order chi connectivity index (χ1) is 15.6. The summed E-state index contributed by atoms with van der Waals surface area (Å²) in [5.74, 6) is 1.28. The van der Waals surface area contributed by atoms with Crippen LogP contribution in [0.2, 0.25) is 0 Å². The normalized spacial score (nSPS) is 16.6. The van der Waals surface area contributed by atoms with E-state index in [2.05, 4.69) is 16.3 Å². The number of hydrogen-bond acceptors (Lipinski definition) is 7. The Kier molecular flexibility index (Phi) is 5.67. The van der Waals surface area contributed by atoms with Gasteiger partial charge in [0.1, 0.15) is 0 Å². The number of piperidine rings is 1. The zero-order valence-electron chi connectivity index (χ0n) is 18.1. The average Bonchev–Trinajstić information content (AvgIpc) is 3.44. The topological polar surface area (TPSA) is 94.0 Å². The highest BCUT2D eigenvalue weighted by atomic mass is 32.1. The number of anilines is 2. The number of thiophene rings is 1. The monoisotopic (exact) mass is 449 g/mol. The zero-order valence-corrected chi connectivity index (χ0v) is 18.9. The molecular weight excluding hydrogens is 422 g/mol. The third kappa shape index (κ3) is 4.01. The minimum Gasteiger partial charge on any atom is -0.351 e. The molecule has 0 saturated carbocycles. The molecule has 1 aliphatic rings. The van der Waals surface area contributed by atoms with Crippen molar-refractivity contribution < 1.29 is 0 Å². The average molecular weight is 450 g/mol. The second-order valence-electron chi connectivity index (χ2n) is 8.24. The standard InChI is InChI=1S/C23H27N7OS/c1-28-21(31)19-20(26-22(28)25-13-16-7-3-2-4-8-16)27-23(29-11-5-9-17(24)14-29)30(19)15-18-10-6-12-32-18/h2-4,6-8,10,12,17H,5,9,11,13-15,24H2,1H3,(H,25,26). The van der Waals surface area contributed by atoms with Crippen molar-refractivity contribution in [3.8, 4) is 0 Å². The quantitative estimate of drug-likeness (QED) is 0.470. The molecule has 4 heterocycles. The summed E-state index contributed by atoms with van der Waals surface area (Å²) in [6.07, 6.45) is 2.02. The van der Waals surface area contributed by atoms with Crippen LogP contribution in [-0.4, -0.2) is 38.2 Å². The van der Waals surface area contributed by atoms with Gasteiger partial charge in [-0.15, -0.1) is 11.3 Å². The van der Waals surface area contributed by atoms with Gasteiger partial charge >= 0.3 is 0 Å². The lowest BCUT2D eigenvalue weighted by molar-refractivity contribution is 0.495. The molecule has 166 valence electrons. The molecule has 1 aromatic carbocycles. The van der Waals surface area contributed by atoms with Crippen molar-refractivity contribution in [2.45, 2.75) is 32.0 Å². The second-order valence-corrected chi connectivity index (χ2v) is 9.27. The van der Waals surface area contributed by atoms with E-state index in [-0.39, 0.29) is 11.6 Å². The van der Waals surface area contributed by atoms with E-state index in [1.165, 1.54) is 4.88 Å². The first-order valence-corrected chi connectivity index (χ1v) is 11.8. The Bertz CT molecular complexity index is 1260. The highest BCUT2D eigenvalue weighted by molar-refractivity contribution is 7.09. The summed E-state index contributed by atoms with van der Waals surface area (Å²) in [5, 5.41) is 5.34. The SMILES string of the molecule is Cn1c(NCc2ccccc2)nc2nc(N3CCCC(N)C3)n(Cc3cccs3)c2c1=O. The first-order valence-electron chi connectivity index (χ1n) is 10.9. The van der Waals surface area contributed by atoms with Gasteiger partial charge in [-0.3, -0.25) is 13.9 Å². The van der Waals surface area contributed by atoms with Gasteiger partial charge in [-0.25, -0.2) is 0 Å². The first kappa shape index (κ1) is 20.7. The fourth-order valence-electron chi connectivity index (χ4n) is 4.22. The van der Waals surface area contributed by atoms with Crippen LogP contribution in [-0.2, 0) is 20.1 Å². The van der Waals surface area contributed by atoms with Crippen molar-refractivity contribution >= 4 is 34.4 Å². The Morgan fingerprint density at radius 2 is 2.03 bits per heavy atom. The zero-order chi connectivity index (χ0) is 22.1. The number of nitrogens with zero attached hydrogens (tertiary/aromatic N) is 5. The lowest BCUT2D eigenvalue weighted by Gasteiger charge is -2.31. The fourth-order valence-corrected chi connectivity index (χ4v) is 4.92. The van der Waals surface area contributed by atoms with Crippen molar-refractivity contribution in [1.29, 1.82) is 0 Å². The predicted octanol–water partition coefficient (Wildman–Crippen LogP) is 2.78. The van der Waals surface area contributed by atoms with Crippen LogP contribution in [0.5, 0.6) is 0 Å². The largest absolute Gasteiger partial charge is 0.351 e. The van der Waals surface area contributed by atoms with Crippen LogP contribution in [0.25, 0.3) is 11.2 Å². The predicted molar refractivity (Wildman–Crippen MR) is 129 cm³/mol. The maximum Gasteiger partial charge on any atom is 0.281 e. The summed E-state index contributed by atoms with van der Waals surface area (Å²) < 4.78 is 3.58. The van der Waals surface area contributed by atoms with Gasteiger partial charge in [0.15, 0.2) is 11.2 Å². The molecular formula is C23H27N7OS. The third-order valence-electron chi connectivity index (χ3n) is 5.89. The Morgan fingerprint density at radius 3 is 2.78 bits per heavy atom. The van der Waals surface area contributed by atoms with E-state index in [1.54, 1.807) is 23.0 Å². The number of nitrogens with two attached hydrogens (primary N) is 1. The Balaban J connectivity index is 1.57. The molecule has 5 rings (SSSR count). The number of benzene rings is 1. The Hall–Kier alpha value is -3.17. The molecule has 1 saturated heterocycles. The van der Waals surface area contributed by atoms with Gasteiger partial charge in [0, 0.05) is 37.6 Å². The smallest absolute Gasteiger partial charge is 0.281 e. The molecule has 1 unspecified atom stereocenters. The van der Waals surface area contributed by atoms with Crippen LogP contribution in [0.1, 0.15) is 23.3 Å². The summed E-state index contributed by atoms with van der Waals surface area (Å²) in [6, 6.07) is 14.3. The molecule has 0 aliphatic carbocycles. The third-order valence-corrected chi connectivity index (χ3v) is 6.76. The highest BCUT2D eigenvalue weighted by Gasteiger charge is 2.25. The lowest BCUT2D eigenvalue weighted by Crippen LogP contribution is -2.44. The fraction of sp³-hybridized carbons (Fsp3) is 0.348. The number of imidazole rings is 1. The molecule has 1 aliphatic heterocycles. The van der Waals surface area contributed by atoms with Crippen molar-refractivity contribution in [3.05, 3.63) is 68.6 Å². The van der Waals surface area contributed by atoms with Gasteiger partial charge in [0.25, 0.3) is 5.56 Å². The van der Waals surface area contributed by atoms with Crippen molar-refractivity contribution in [1.82, 2.24) is 19.1 Å². The summed E-state index contributed by atoms with van der Waals surface area (Å²) >= 11 is 1.67. The van der Waals surface area contributed by atoms with E-state index in [9.17, 15) is 4.79 Å². The Morgan fingerprint density at radius 1 is 1.19 bits per heavy atom. The van der Waals surface area contributed by atoms with Crippen LogP contribution in [0.4, 0.5) is 11.9 Å². The molecule has 0 spiro atoms. The molecule has 0 radical (unpaired) electrons. The summed E-state index contributed by atoms with van der Waals surface area (Å²) in [6.45, 7) is 2.77. The minimum absolute atomic E-state index is 0.109. The van der Waals surface area contributed by atoms with Crippen LogP contribution in [0, 0.1) is 0 Å². The molecule has 9 heteroatoms. The van der Waals surface area contributed by atoms with E-state index in [4.69, 9.17) is 15.7 Å². The number of rotatable bonds is 6. The molecule has 32 heavy (non-hydrogen) atoms. The molecule has 1 fully saturated rings. The van der Waals surface area contributed by atoms with Crippen molar-refractivity contribution in [2.24, 2.45) is 12.8 Å². The van der Waals surface area contributed by atoms with E-state index < -0.39 is 0 Å². The van der Waals surface area contributed by atoms with Gasteiger partial charge < -0.3 is 16.0 Å². The maximum absolute atomic E-state index is 13.5. The highest BCUT2D eigenvalue weighted by Crippen LogP contribution is 2.25. The summed E-state index contributed by atoms with van der Waals surface area (Å²) in [5.41, 5.74) is 8.25. The van der Waals surface area contributed by atoms with Crippen molar-refractivity contribution in [2.75, 3.05) is 23.3 Å². The van der Waals surface area contributed by atoms with Crippen LogP contribution in [0.3, 0.4) is 0 Å².